The van der Waals surface area contributed by atoms with Crippen molar-refractivity contribution in [1.29, 1.82) is 0 Å². The number of rotatable bonds is 5. The summed E-state index contributed by atoms with van der Waals surface area (Å²) in [6.45, 7) is 6.51. The third kappa shape index (κ3) is 2.83. The maximum Gasteiger partial charge on any atom is 0.0784 e. The highest BCUT2D eigenvalue weighted by atomic mass is 32.1. The predicted octanol–water partition coefficient (Wildman–Crippen LogP) is 3.14. The van der Waals surface area contributed by atoms with Crippen molar-refractivity contribution in [3.8, 4) is 0 Å². The van der Waals surface area contributed by atoms with Crippen LogP contribution in [0.2, 0.25) is 0 Å². The fourth-order valence-electron chi connectivity index (χ4n) is 2.47. The highest BCUT2D eigenvalue weighted by molar-refractivity contribution is 7.80. The van der Waals surface area contributed by atoms with Crippen LogP contribution < -0.4 is 10.6 Å². The Labute approximate surface area is 115 Å². The van der Waals surface area contributed by atoms with Crippen LogP contribution in [-0.2, 0) is 6.42 Å². The van der Waals surface area contributed by atoms with Gasteiger partial charge in [-0.2, -0.15) is 0 Å². The van der Waals surface area contributed by atoms with E-state index >= 15 is 0 Å². The lowest BCUT2D eigenvalue weighted by Gasteiger charge is -2.25. The quantitative estimate of drug-likeness (QED) is 0.827. The topological polar surface area (TPSA) is 29.3 Å². The number of hydrogen-bond acceptors (Lipinski definition) is 2. The molecule has 0 bridgehead atoms. The number of nitrogens with two attached hydrogens (primary N) is 1. The smallest absolute Gasteiger partial charge is 0.0784 e. The molecule has 0 aromatic heterocycles. The molecule has 1 aliphatic rings. The van der Waals surface area contributed by atoms with Crippen LogP contribution in [0.25, 0.3) is 0 Å². The van der Waals surface area contributed by atoms with Crippen LogP contribution in [0.3, 0.4) is 0 Å². The summed E-state index contributed by atoms with van der Waals surface area (Å²) in [4.78, 5) is 3.11. The van der Waals surface area contributed by atoms with Gasteiger partial charge in [-0.3, -0.25) is 0 Å². The Morgan fingerprint density at radius 2 is 2.11 bits per heavy atom. The van der Waals surface area contributed by atoms with Crippen LogP contribution in [0, 0.1) is 5.41 Å². The van der Waals surface area contributed by atoms with Crippen molar-refractivity contribution < 1.29 is 0 Å². The zero-order chi connectivity index (χ0) is 13.2. The lowest BCUT2D eigenvalue weighted by atomic mass is 9.88. The molecule has 0 spiro atoms. The van der Waals surface area contributed by atoms with E-state index in [9.17, 15) is 0 Å². The van der Waals surface area contributed by atoms with Crippen molar-refractivity contribution in [2.45, 2.75) is 33.1 Å². The van der Waals surface area contributed by atoms with E-state index in [2.05, 4.69) is 43.0 Å². The van der Waals surface area contributed by atoms with Crippen LogP contribution in [0.4, 0.5) is 5.69 Å². The number of anilines is 1. The first-order valence-corrected chi connectivity index (χ1v) is 7.04. The summed E-state index contributed by atoms with van der Waals surface area (Å²) in [5.41, 5.74) is 8.63. The molecule has 18 heavy (non-hydrogen) atoms. The molecule has 0 unspecified atom stereocenters. The summed E-state index contributed by atoms with van der Waals surface area (Å²) in [6, 6.07) is 8.70. The van der Waals surface area contributed by atoms with Gasteiger partial charge in [-0.15, -0.1) is 0 Å². The number of thiocarbonyl (C=S) groups is 1. The third-order valence-electron chi connectivity index (χ3n) is 3.88. The van der Waals surface area contributed by atoms with Gasteiger partial charge in [0.1, 0.15) is 0 Å². The Morgan fingerprint density at radius 3 is 2.83 bits per heavy atom. The van der Waals surface area contributed by atoms with Crippen molar-refractivity contribution >= 4 is 22.9 Å². The molecular formula is C15H22N2S. The van der Waals surface area contributed by atoms with Crippen molar-refractivity contribution in [3.63, 3.8) is 0 Å². The fraction of sp³-hybridized carbons (Fsp3) is 0.533. The average molecular weight is 262 g/mol. The molecule has 0 radical (unpaired) electrons. The molecule has 1 aliphatic heterocycles. The van der Waals surface area contributed by atoms with Gasteiger partial charge in [0.25, 0.3) is 0 Å². The molecular weight excluding hydrogens is 240 g/mol. The number of fused-ring (bicyclic) bond motifs is 1. The highest BCUT2D eigenvalue weighted by Crippen LogP contribution is 2.29. The zero-order valence-electron chi connectivity index (χ0n) is 11.3. The molecule has 0 aliphatic carbocycles. The van der Waals surface area contributed by atoms with Gasteiger partial charge in [0.05, 0.1) is 4.99 Å². The molecule has 2 nitrogen and oxygen atoms in total. The molecule has 3 heteroatoms. The number of benzene rings is 1. The third-order valence-corrected chi connectivity index (χ3v) is 4.43. The van der Waals surface area contributed by atoms with E-state index in [0.29, 0.717) is 4.99 Å². The Hall–Kier alpha value is -1.09. The van der Waals surface area contributed by atoms with Gasteiger partial charge in [0, 0.05) is 24.2 Å². The molecule has 2 N–H and O–H groups in total. The van der Waals surface area contributed by atoms with Gasteiger partial charge >= 0.3 is 0 Å². The SMILES string of the molecule is CC(C)(CCCN1CCc2ccccc21)C(N)=S. The monoisotopic (exact) mass is 262 g/mol. The van der Waals surface area contributed by atoms with E-state index in [1.54, 1.807) is 0 Å². The van der Waals surface area contributed by atoms with Crippen LogP contribution in [0.1, 0.15) is 32.3 Å². The van der Waals surface area contributed by atoms with E-state index in [0.717, 1.165) is 25.9 Å². The first-order valence-electron chi connectivity index (χ1n) is 6.63. The highest BCUT2D eigenvalue weighted by Gasteiger charge is 2.22. The number of hydrogen-bond donors (Lipinski definition) is 1. The summed E-state index contributed by atoms with van der Waals surface area (Å²) in [7, 11) is 0. The van der Waals surface area contributed by atoms with E-state index in [4.69, 9.17) is 18.0 Å². The second-order valence-corrected chi connectivity index (χ2v) is 6.16. The van der Waals surface area contributed by atoms with Crippen molar-refractivity contribution in [3.05, 3.63) is 29.8 Å². The molecule has 0 amide bonds. The first kappa shape index (κ1) is 13.3. The van der Waals surface area contributed by atoms with Gasteiger partial charge < -0.3 is 10.6 Å². The summed E-state index contributed by atoms with van der Waals surface area (Å²) < 4.78 is 0. The minimum atomic E-state index is -0.0193. The van der Waals surface area contributed by atoms with Crippen LogP contribution in [0.15, 0.2) is 24.3 Å². The largest absolute Gasteiger partial charge is 0.393 e. The minimum Gasteiger partial charge on any atom is -0.393 e. The molecule has 0 atom stereocenters. The Bertz CT molecular complexity index is 440. The van der Waals surface area contributed by atoms with E-state index in [-0.39, 0.29) is 5.41 Å². The molecule has 0 fully saturated rings. The molecule has 1 aromatic carbocycles. The molecule has 0 saturated heterocycles. The molecule has 1 aromatic rings. The maximum atomic E-state index is 5.76. The van der Waals surface area contributed by atoms with Gasteiger partial charge in [-0.05, 0) is 30.9 Å². The predicted molar refractivity (Wildman–Crippen MR) is 82.2 cm³/mol. The minimum absolute atomic E-state index is 0.0193. The fourth-order valence-corrected chi connectivity index (χ4v) is 2.58. The molecule has 1 heterocycles. The van der Waals surface area contributed by atoms with Crippen molar-refractivity contribution in [2.24, 2.45) is 11.1 Å². The number of nitrogens with zero attached hydrogens (tertiary/aromatic N) is 1. The van der Waals surface area contributed by atoms with Crippen molar-refractivity contribution in [2.75, 3.05) is 18.0 Å². The Balaban J connectivity index is 1.88. The normalized spacial score (nSPS) is 14.7. The van der Waals surface area contributed by atoms with Crippen LogP contribution >= 0.6 is 12.2 Å². The second-order valence-electron chi connectivity index (χ2n) is 5.72. The molecule has 2 rings (SSSR count). The second kappa shape index (κ2) is 5.27. The van der Waals surface area contributed by atoms with Gasteiger partial charge in [-0.25, -0.2) is 0 Å². The van der Waals surface area contributed by atoms with Crippen LogP contribution in [-0.4, -0.2) is 18.1 Å². The van der Waals surface area contributed by atoms with E-state index < -0.39 is 0 Å². The van der Waals surface area contributed by atoms with Crippen molar-refractivity contribution in [1.82, 2.24) is 0 Å². The van der Waals surface area contributed by atoms with E-state index in [1.807, 2.05) is 0 Å². The lowest BCUT2D eigenvalue weighted by Crippen LogP contribution is -2.31. The van der Waals surface area contributed by atoms with Gasteiger partial charge in [0.15, 0.2) is 0 Å². The summed E-state index contributed by atoms with van der Waals surface area (Å²) in [5.74, 6) is 0. The standard InChI is InChI=1S/C15H22N2S/c1-15(2,14(16)18)9-5-10-17-11-8-12-6-3-4-7-13(12)17/h3-4,6-7H,5,8-11H2,1-2H3,(H2,16,18). The first-order chi connectivity index (χ1) is 8.50. The Morgan fingerprint density at radius 1 is 1.39 bits per heavy atom. The van der Waals surface area contributed by atoms with Crippen LogP contribution in [0.5, 0.6) is 0 Å². The average Bonchev–Trinajstić information content (AvgIpc) is 2.72. The summed E-state index contributed by atoms with van der Waals surface area (Å²) in [5, 5.41) is 0. The molecule has 0 saturated carbocycles. The number of para-hydroxylation sites is 1. The van der Waals surface area contributed by atoms with Gasteiger partial charge in [-0.1, -0.05) is 44.3 Å². The maximum absolute atomic E-state index is 5.76. The van der Waals surface area contributed by atoms with E-state index in [1.165, 1.54) is 17.7 Å². The van der Waals surface area contributed by atoms with Gasteiger partial charge in [0.2, 0.25) is 0 Å². The zero-order valence-corrected chi connectivity index (χ0v) is 12.1. The summed E-state index contributed by atoms with van der Waals surface area (Å²) in [6.07, 6.45) is 3.37. The molecule has 98 valence electrons. The lowest BCUT2D eigenvalue weighted by molar-refractivity contribution is 0.459. The summed E-state index contributed by atoms with van der Waals surface area (Å²) >= 11 is 5.11. The Kier molecular flexibility index (Phi) is 3.91.